The van der Waals surface area contributed by atoms with Gasteiger partial charge in [0.05, 0.1) is 5.01 Å². The summed E-state index contributed by atoms with van der Waals surface area (Å²) in [5.74, 6) is 0. The second kappa shape index (κ2) is 3.65. The van der Waals surface area contributed by atoms with Gasteiger partial charge in [-0.1, -0.05) is 0 Å². The molecule has 0 atom stereocenters. The van der Waals surface area contributed by atoms with Gasteiger partial charge >= 0.3 is 0 Å². The van der Waals surface area contributed by atoms with E-state index in [2.05, 4.69) is 4.98 Å². The second-order valence-electron chi connectivity index (χ2n) is 1.90. The Morgan fingerprint density at radius 1 is 1.70 bits per heavy atom. The number of nitrogens with zero attached hydrogens (tertiary/aromatic N) is 1. The summed E-state index contributed by atoms with van der Waals surface area (Å²) in [6.07, 6.45) is 2.40. The van der Waals surface area contributed by atoms with E-state index in [-0.39, 0.29) is 6.61 Å². The zero-order chi connectivity index (χ0) is 7.40. The third-order valence-corrected chi connectivity index (χ3v) is 2.21. The van der Waals surface area contributed by atoms with Crippen molar-refractivity contribution in [1.82, 2.24) is 4.98 Å². The summed E-state index contributed by atoms with van der Waals surface area (Å²) in [5.41, 5.74) is 5.37. The summed E-state index contributed by atoms with van der Waals surface area (Å²) in [7, 11) is 0. The number of aliphatic hydroxyl groups excluding tert-OH is 1. The van der Waals surface area contributed by atoms with E-state index in [1.807, 2.05) is 0 Å². The van der Waals surface area contributed by atoms with Crippen LogP contribution in [0.4, 0.5) is 0 Å². The lowest BCUT2D eigenvalue weighted by atomic mass is 10.5. The van der Waals surface area contributed by atoms with Crippen molar-refractivity contribution >= 4 is 11.3 Å². The molecule has 0 radical (unpaired) electrons. The first-order valence-electron chi connectivity index (χ1n) is 3.11. The normalized spacial score (nSPS) is 10.2. The number of aliphatic hydroxyl groups is 1. The minimum atomic E-state index is 0.164. The van der Waals surface area contributed by atoms with Crippen LogP contribution in [0.3, 0.4) is 0 Å². The molecular weight excluding hydrogens is 148 g/mol. The Kier molecular flexibility index (Phi) is 2.80. The van der Waals surface area contributed by atoms with Gasteiger partial charge in [-0.05, 0) is 0 Å². The number of aromatic nitrogens is 1. The highest BCUT2D eigenvalue weighted by atomic mass is 32.1. The van der Waals surface area contributed by atoms with Crippen molar-refractivity contribution in [2.24, 2.45) is 5.73 Å². The standard InChI is InChI=1S/C6H10N2OS/c7-3-5-4-8-6(10-5)1-2-9/h4,9H,1-3,7H2. The van der Waals surface area contributed by atoms with Gasteiger partial charge in [-0.2, -0.15) is 0 Å². The van der Waals surface area contributed by atoms with E-state index in [0.29, 0.717) is 13.0 Å². The molecule has 1 aromatic heterocycles. The Labute approximate surface area is 63.5 Å². The van der Waals surface area contributed by atoms with Crippen LogP contribution in [0.2, 0.25) is 0 Å². The van der Waals surface area contributed by atoms with Crippen molar-refractivity contribution in [3.8, 4) is 0 Å². The molecule has 3 nitrogen and oxygen atoms in total. The molecule has 0 saturated heterocycles. The van der Waals surface area contributed by atoms with Crippen LogP contribution in [0.1, 0.15) is 9.88 Å². The topological polar surface area (TPSA) is 59.1 Å². The monoisotopic (exact) mass is 158 g/mol. The van der Waals surface area contributed by atoms with Crippen LogP contribution in [0.15, 0.2) is 6.20 Å². The summed E-state index contributed by atoms with van der Waals surface area (Å²) in [5, 5.41) is 9.50. The molecule has 10 heavy (non-hydrogen) atoms. The molecular formula is C6H10N2OS. The molecule has 0 aliphatic rings. The smallest absolute Gasteiger partial charge is 0.0951 e. The maximum Gasteiger partial charge on any atom is 0.0951 e. The first kappa shape index (κ1) is 7.65. The summed E-state index contributed by atoms with van der Waals surface area (Å²) in [4.78, 5) is 5.13. The van der Waals surface area contributed by atoms with Gasteiger partial charge < -0.3 is 10.8 Å². The van der Waals surface area contributed by atoms with Crippen LogP contribution < -0.4 is 5.73 Å². The summed E-state index contributed by atoms with van der Waals surface area (Å²) >= 11 is 1.56. The van der Waals surface area contributed by atoms with Crippen LogP contribution >= 0.6 is 11.3 Å². The van der Waals surface area contributed by atoms with Crippen molar-refractivity contribution < 1.29 is 5.11 Å². The Morgan fingerprint density at radius 2 is 2.50 bits per heavy atom. The van der Waals surface area contributed by atoms with Crippen LogP contribution in [0.25, 0.3) is 0 Å². The fourth-order valence-corrected chi connectivity index (χ4v) is 1.44. The first-order chi connectivity index (χ1) is 4.86. The molecule has 0 saturated carbocycles. The third kappa shape index (κ3) is 1.76. The van der Waals surface area contributed by atoms with Gasteiger partial charge in [0.15, 0.2) is 0 Å². The van der Waals surface area contributed by atoms with Crippen molar-refractivity contribution in [2.75, 3.05) is 6.61 Å². The maximum absolute atomic E-state index is 8.54. The third-order valence-electron chi connectivity index (χ3n) is 1.13. The SMILES string of the molecule is NCc1cnc(CCO)s1. The fraction of sp³-hybridized carbons (Fsp3) is 0.500. The Hall–Kier alpha value is -0.450. The van der Waals surface area contributed by atoms with Crippen molar-refractivity contribution in [1.29, 1.82) is 0 Å². The minimum absolute atomic E-state index is 0.164. The highest BCUT2D eigenvalue weighted by molar-refractivity contribution is 7.11. The van der Waals surface area contributed by atoms with E-state index in [1.165, 1.54) is 0 Å². The van der Waals surface area contributed by atoms with Gasteiger partial charge in [-0.25, -0.2) is 4.98 Å². The Bertz CT molecular complexity index is 199. The molecule has 4 heteroatoms. The highest BCUT2D eigenvalue weighted by Gasteiger charge is 1.97. The van der Waals surface area contributed by atoms with E-state index in [9.17, 15) is 0 Å². The molecule has 3 N–H and O–H groups in total. The number of hydrogen-bond donors (Lipinski definition) is 2. The average Bonchev–Trinajstić information content (AvgIpc) is 2.37. The van der Waals surface area contributed by atoms with Gasteiger partial charge in [-0.15, -0.1) is 11.3 Å². The van der Waals surface area contributed by atoms with Crippen molar-refractivity contribution in [3.63, 3.8) is 0 Å². The van der Waals surface area contributed by atoms with Crippen molar-refractivity contribution in [2.45, 2.75) is 13.0 Å². The predicted molar refractivity (Wildman–Crippen MR) is 40.8 cm³/mol. The lowest BCUT2D eigenvalue weighted by molar-refractivity contribution is 0.299. The van der Waals surface area contributed by atoms with Crippen LogP contribution in [0, 0.1) is 0 Å². The molecule has 1 rings (SSSR count). The summed E-state index contributed by atoms with van der Waals surface area (Å²) in [6.45, 7) is 0.709. The van der Waals surface area contributed by atoms with Gasteiger partial charge in [0.1, 0.15) is 0 Å². The van der Waals surface area contributed by atoms with Crippen LogP contribution in [-0.4, -0.2) is 16.7 Å². The van der Waals surface area contributed by atoms with E-state index in [4.69, 9.17) is 10.8 Å². The lowest BCUT2D eigenvalue weighted by Gasteiger charge is -1.86. The van der Waals surface area contributed by atoms with Crippen LogP contribution in [-0.2, 0) is 13.0 Å². The largest absolute Gasteiger partial charge is 0.396 e. The van der Waals surface area contributed by atoms with Crippen molar-refractivity contribution in [3.05, 3.63) is 16.1 Å². The lowest BCUT2D eigenvalue weighted by Crippen LogP contribution is -1.91. The zero-order valence-corrected chi connectivity index (χ0v) is 6.40. The first-order valence-corrected chi connectivity index (χ1v) is 3.93. The molecule has 0 spiro atoms. The fourth-order valence-electron chi connectivity index (χ4n) is 0.654. The quantitative estimate of drug-likeness (QED) is 0.657. The van der Waals surface area contributed by atoms with E-state index < -0.39 is 0 Å². The van der Waals surface area contributed by atoms with E-state index >= 15 is 0 Å². The molecule has 0 aromatic carbocycles. The highest BCUT2D eigenvalue weighted by Crippen LogP contribution is 2.11. The van der Waals surface area contributed by atoms with Crippen LogP contribution in [0.5, 0.6) is 0 Å². The molecule has 0 aliphatic heterocycles. The molecule has 1 aromatic rings. The van der Waals surface area contributed by atoms with Gasteiger partial charge in [0.2, 0.25) is 0 Å². The molecule has 0 amide bonds. The zero-order valence-electron chi connectivity index (χ0n) is 5.58. The number of hydrogen-bond acceptors (Lipinski definition) is 4. The Morgan fingerprint density at radius 3 is 3.00 bits per heavy atom. The molecule has 0 unspecified atom stereocenters. The van der Waals surface area contributed by atoms with Gasteiger partial charge in [-0.3, -0.25) is 0 Å². The molecule has 0 bridgehead atoms. The number of thiazole rings is 1. The maximum atomic E-state index is 8.54. The second-order valence-corrected chi connectivity index (χ2v) is 3.10. The Balaban J connectivity index is 2.59. The molecule has 56 valence electrons. The predicted octanol–water partition coefficient (Wildman–Crippen LogP) is 0.137. The molecule has 1 heterocycles. The minimum Gasteiger partial charge on any atom is -0.396 e. The van der Waals surface area contributed by atoms with Gasteiger partial charge in [0, 0.05) is 30.6 Å². The number of nitrogens with two attached hydrogens (primary N) is 1. The average molecular weight is 158 g/mol. The summed E-state index contributed by atoms with van der Waals surface area (Å²) < 4.78 is 0. The summed E-state index contributed by atoms with van der Waals surface area (Å²) in [6, 6.07) is 0. The van der Waals surface area contributed by atoms with Gasteiger partial charge in [0.25, 0.3) is 0 Å². The van der Waals surface area contributed by atoms with E-state index in [0.717, 1.165) is 9.88 Å². The number of rotatable bonds is 3. The molecule has 0 aliphatic carbocycles. The molecule has 0 fully saturated rings. The van der Waals surface area contributed by atoms with E-state index in [1.54, 1.807) is 17.5 Å².